The third-order valence-corrected chi connectivity index (χ3v) is 7.22. The molecule has 4 aromatic heterocycles. The average molecular weight is 497 g/mol. The second kappa shape index (κ2) is 9.50. The number of amides is 3. The molecule has 37 heavy (non-hydrogen) atoms. The van der Waals surface area contributed by atoms with Gasteiger partial charge in [-0.15, -0.1) is 0 Å². The number of aromatic nitrogens is 3. The highest BCUT2D eigenvalue weighted by molar-refractivity contribution is 5.97. The molecule has 5 aromatic rings. The fourth-order valence-electron chi connectivity index (χ4n) is 5.09. The lowest BCUT2D eigenvalue weighted by molar-refractivity contribution is 0.0703. The van der Waals surface area contributed by atoms with Gasteiger partial charge >= 0.3 is 6.03 Å². The Hall–Kier alpha value is -4.53. The standard InChI is InChI=1S/C28H28N6O3/c1-32-23-9-15-37-25(23)17-24(32)27(35)34-12-7-21(8-13-34)20-2-4-22(5-3-20)31-28(36)30-18-19-6-11-33-14-10-29-26(33)16-19/h2-6,9-11,14-17,21H,7-8,12-13,18H2,1H3,(H2,30,31,36). The lowest BCUT2D eigenvalue weighted by Gasteiger charge is -2.32. The van der Waals surface area contributed by atoms with Gasteiger partial charge in [0.1, 0.15) is 11.3 Å². The summed E-state index contributed by atoms with van der Waals surface area (Å²) in [7, 11) is 1.90. The van der Waals surface area contributed by atoms with E-state index in [1.54, 1.807) is 12.5 Å². The number of hydrogen-bond acceptors (Lipinski definition) is 4. The third-order valence-electron chi connectivity index (χ3n) is 7.22. The minimum Gasteiger partial charge on any atom is -0.463 e. The summed E-state index contributed by atoms with van der Waals surface area (Å²) in [5, 5.41) is 5.78. The molecule has 9 heteroatoms. The Labute approximate surface area is 213 Å². The first-order chi connectivity index (χ1) is 18.0. The van der Waals surface area contributed by atoms with Crippen LogP contribution in [0.15, 0.2) is 77.8 Å². The number of carbonyl (C=O) groups is 2. The molecule has 0 bridgehead atoms. The predicted molar refractivity (Wildman–Crippen MR) is 141 cm³/mol. The number of piperidine rings is 1. The van der Waals surface area contributed by atoms with E-state index >= 15 is 0 Å². The molecule has 0 atom stereocenters. The molecule has 0 unspecified atom stereocenters. The van der Waals surface area contributed by atoms with E-state index in [4.69, 9.17) is 4.42 Å². The topological polar surface area (TPSA) is 96.8 Å². The lowest BCUT2D eigenvalue weighted by atomic mass is 9.89. The Kier molecular flexibility index (Phi) is 5.88. The molecule has 9 nitrogen and oxygen atoms in total. The molecule has 1 aliphatic heterocycles. The largest absolute Gasteiger partial charge is 0.463 e. The number of nitrogens with zero attached hydrogens (tertiary/aromatic N) is 4. The van der Waals surface area contributed by atoms with Gasteiger partial charge in [0.05, 0.1) is 11.8 Å². The summed E-state index contributed by atoms with van der Waals surface area (Å²) in [4.78, 5) is 31.7. The summed E-state index contributed by atoms with van der Waals surface area (Å²) in [6.07, 6.45) is 9.00. The molecule has 0 aliphatic carbocycles. The number of hydrogen-bond donors (Lipinski definition) is 2. The maximum absolute atomic E-state index is 13.1. The van der Waals surface area contributed by atoms with Crippen LogP contribution in [-0.4, -0.2) is 43.9 Å². The molecule has 0 radical (unpaired) electrons. The summed E-state index contributed by atoms with van der Waals surface area (Å²) >= 11 is 0. The summed E-state index contributed by atoms with van der Waals surface area (Å²) in [5.41, 5.74) is 6.11. The van der Waals surface area contributed by atoms with Gasteiger partial charge in [0.15, 0.2) is 5.58 Å². The fraction of sp³-hybridized carbons (Fsp3) is 0.250. The van der Waals surface area contributed by atoms with Gasteiger partial charge in [0, 0.05) is 63.1 Å². The van der Waals surface area contributed by atoms with Crippen LogP contribution >= 0.6 is 0 Å². The molecule has 0 saturated carbocycles. The zero-order chi connectivity index (χ0) is 25.4. The summed E-state index contributed by atoms with van der Waals surface area (Å²) in [5.74, 6) is 0.428. The van der Waals surface area contributed by atoms with Crippen LogP contribution in [0.3, 0.4) is 0 Å². The maximum atomic E-state index is 13.1. The molecule has 188 valence electrons. The first kappa shape index (κ1) is 22.9. The van der Waals surface area contributed by atoms with Crippen LogP contribution in [0.25, 0.3) is 16.7 Å². The van der Waals surface area contributed by atoms with Crippen molar-refractivity contribution in [3.05, 3.63) is 90.2 Å². The van der Waals surface area contributed by atoms with Crippen molar-refractivity contribution in [2.75, 3.05) is 18.4 Å². The summed E-state index contributed by atoms with van der Waals surface area (Å²) in [6, 6.07) is 15.3. The van der Waals surface area contributed by atoms with Gasteiger partial charge in [-0.2, -0.15) is 0 Å². The van der Waals surface area contributed by atoms with E-state index in [9.17, 15) is 9.59 Å². The molecule has 1 saturated heterocycles. The summed E-state index contributed by atoms with van der Waals surface area (Å²) in [6.45, 7) is 1.84. The highest BCUT2D eigenvalue weighted by Crippen LogP contribution is 2.30. The quantitative estimate of drug-likeness (QED) is 0.367. The van der Waals surface area contributed by atoms with Gasteiger partial charge in [-0.3, -0.25) is 4.79 Å². The van der Waals surface area contributed by atoms with E-state index < -0.39 is 0 Å². The third kappa shape index (κ3) is 4.55. The number of aryl methyl sites for hydroxylation is 1. The molecular weight excluding hydrogens is 468 g/mol. The van der Waals surface area contributed by atoms with E-state index in [0.717, 1.165) is 40.8 Å². The highest BCUT2D eigenvalue weighted by atomic mass is 16.3. The molecule has 5 heterocycles. The van der Waals surface area contributed by atoms with Crippen LogP contribution in [0, 0.1) is 0 Å². The highest BCUT2D eigenvalue weighted by Gasteiger charge is 2.27. The zero-order valence-electron chi connectivity index (χ0n) is 20.6. The van der Waals surface area contributed by atoms with E-state index in [-0.39, 0.29) is 11.9 Å². The zero-order valence-corrected chi connectivity index (χ0v) is 20.6. The van der Waals surface area contributed by atoms with Crippen LogP contribution in [0.2, 0.25) is 0 Å². The van der Waals surface area contributed by atoms with Gasteiger partial charge in [-0.25, -0.2) is 9.78 Å². The van der Waals surface area contributed by atoms with Crippen LogP contribution in [0.1, 0.15) is 40.4 Å². The number of imidazole rings is 1. The Bertz CT molecular complexity index is 1570. The Balaban J connectivity index is 1.00. The minimum atomic E-state index is -0.254. The maximum Gasteiger partial charge on any atom is 0.319 e. The Morgan fingerprint density at radius 1 is 1.05 bits per heavy atom. The molecule has 1 fully saturated rings. The number of fused-ring (bicyclic) bond motifs is 2. The number of rotatable bonds is 5. The van der Waals surface area contributed by atoms with Crippen LogP contribution in [0.5, 0.6) is 0 Å². The number of pyridine rings is 1. The Morgan fingerprint density at radius 3 is 2.65 bits per heavy atom. The number of urea groups is 1. The van der Waals surface area contributed by atoms with Gasteiger partial charge in [-0.1, -0.05) is 12.1 Å². The molecule has 6 rings (SSSR count). The molecule has 2 N–H and O–H groups in total. The number of anilines is 1. The van der Waals surface area contributed by atoms with Crippen LogP contribution in [-0.2, 0) is 13.6 Å². The van der Waals surface area contributed by atoms with Crippen LogP contribution in [0.4, 0.5) is 10.5 Å². The number of benzene rings is 1. The fourth-order valence-corrected chi connectivity index (χ4v) is 5.09. The molecule has 1 aromatic carbocycles. The predicted octanol–water partition coefficient (Wildman–Crippen LogP) is 4.76. The van der Waals surface area contributed by atoms with Crippen molar-refractivity contribution in [3.8, 4) is 0 Å². The number of likely N-dealkylation sites (tertiary alicyclic amines) is 1. The summed E-state index contributed by atoms with van der Waals surface area (Å²) < 4.78 is 9.27. The lowest BCUT2D eigenvalue weighted by Crippen LogP contribution is -2.38. The van der Waals surface area contributed by atoms with Crippen molar-refractivity contribution in [2.45, 2.75) is 25.3 Å². The van der Waals surface area contributed by atoms with E-state index in [1.165, 1.54) is 5.56 Å². The van der Waals surface area contributed by atoms with Crippen LogP contribution < -0.4 is 10.6 Å². The average Bonchev–Trinajstić information content (AvgIpc) is 3.65. The normalized spacial score (nSPS) is 14.4. The first-order valence-corrected chi connectivity index (χ1v) is 12.4. The van der Waals surface area contributed by atoms with Gasteiger partial charge in [0.2, 0.25) is 0 Å². The van der Waals surface area contributed by atoms with Gasteiger partial charge in [-0.05, 0) is 54.2 Å². The van der Waals surface area contributed by atoms with Gasteiger partial charge in [0.25, 0.3) is 5.91 Å². The van der Waals surface area contributed by atoms with Gasteiger partial charge < -0.3 is 28.9 Å². The minimum absolute atomic E-state index is 0.0441. The van der Waals surface area contributed by atoms with Crippen molar-refractivity contribution in [1.82, 2.24) is 24.2 Å². The number of carbonyl (C=O) groups excluding carboxylic acids is 2. The van der Waals surface area contributed by atoms with E-state index in [1.807, 2.05) is 69.7 Å². The molecule has 3 amide bonds. The first-order valence-electron chi connectivity index (χ1n) is 12.4. The second-order valence-corrected chi connectivity index (χ2v) is 9.48. The van der Waals surface area contributed by atoms with E-state index in [2.05, 4.69) is 27.8 Å². The monoisotopic (exact) mass is 496 g/mol. The van der Waals surface area contributed by atoms with Crippen molar-refractivity contribution >= 4 is 34.4 Å². The number of nitrogens with one attached hydrogen (secondary N) is 2. The SMILES string of the molecule is Cn1c(C(=O)N2CCC(c3ccc(NC(=O)NCc4ccn5ccnc5c4)cc3)CC2)cc2occc21. The van der Waals surface area contributed by atoms with Crippen molar-refractivity contribution < 1.29 is 14.0 Å². The van der Waals surface area contributed by atoms with Crippen molar-refractivity contribution in [2.24, 2.45) is 7.05 Å². The molecule has 0 spiro atoms. The second-order valence-electron chi connectivity index (χ2n) is 9.48. The van der Waals surface area contributed by atoms with Crippen molar-refractivity contribution in [1.29, 1.82) is 0 Å². The Morgan fingerprint density at radius 2 is 1.86 bits per heavy atom. The molecule has 1 aliphatic rings. The molecular formula is C28H28N6O3. The van der Waals surface area contributed by atoms with Crippen molar-refractivity contribution in [3.63, 3.8) is 0 Å². The van der Waals surface area contributed by atoms with E-state index in [0.29, 0.717) is 31.2 Å². The number of furan rings is 1. The smallest absolute Gasteiger partial charge is 0.319 e.